The minimum Gasteiger partial charge on any atom is -0.495 e. The molecule has 2 N–H and O–H groups in total. The second-order valence-corrected chi connectivity index (χ2v) is 4.34. The van der Waals surface area contributed by atoms with Crippen molar-refractivity contribution in [1.29, 1.82) is 0 Å². The van der Waals surface area contributed by atoms with Gasteiger partial charge >= 0.3 is 0 Å². The molecule has 0 aliphatic rings. The highest BCUT2D eigenvalue weighted by Crippen LogP contribution is 2.28. The molecule has 2 nitrogen and oxygen atoms in total. The molecule has 0 spiro atoms. The van der Waals surface area contributed by atoms with E-state index in [1.165, 1.54) is 11.1 Å². The molecule has 0 amide bonds. The number of halogens is 1. The fourth-order valence-electron chi connectivity index (χ4n) is 1.51. The van der Waals surface area contributed by atoms with Crippen molar-refractivity contribution in [3.8, 4) is 5.75 Å². The largest absolute Gasteiger partial charge is 0.495 e. The SMILES string of the molecule is COc1cc(C)c(CCC(C)N)cc1Cl. The van der Waals surface area contributed by atoms with Crippen molar-refractivity contribution in [3.05, 3.63) is 28.3 Å². The summed E-state index contributed by atoms with van der Waals surface area (Å²) in [6, 6.07) is 4.17. The van der Waals surface area contributed by atoms with Crippen molar-refractivity contribution in [2.75, 3.05) is 7.11 Å². The molecule has 0 heterocycles. The van der Waals surface area contributed by atoms with Crippen LogP contribution in [-0.2, 0) is 6.42 Å². The Balaban J connectivity index is 2.85. The van der Waals surface area contributed by atoms with Crippen LogP contribution < -0.4 is 10.5 Å². The van der Waals surface area contributed by atoms with Crippen LogP contribution in [0.4, 0.5) is 0 Å². The van der Waals surface area contributed by atoms with Gasteiger partial charge in [-0.1, -0.05) is 11.6 Å². The Labute approximate surface area is 96.4 Å². The zero-order valence-corrected chi connectivity index (χ0v) is 10.3. The molecule has 0 fully saturated rings. The van der Waals surface area contributed by atoms with Gasteiger partial charge in [0.2, 0.25) is 0 Å². The van der Waals surface area contributed by atoms with E-state index >= 15 is 0 Å². The van der Waals surface area contributed by atoms with Crippen molar-refractivity contribution < 1.29 is 4.74 Å². The van der Waals surface area contributed by atoms with Crippen molar-refractivity contribution in [1.82, 2.24) is 0 Å². The molecule has 1 unspecified atom stereocenters. The minimum absolute atomic E-state index is 0.227. The fourth-order valence-corrected chi connectivity index (χ4v) is 1.77. The second kappa shape index (κ2) is 5.38. The lowest BCUT2D eigenvalue weighted by atomic mass is 10.0. The number of hydrogen-bond acceptors (Lipinski definition) is 2. The van der Waals surface area contributed by atoms with Gasteiger partial charge in [-0.05, 0) is 49.9 Å². The molecule has 1 rings (SSSR count). The van der Waals surface area contributed by atoms with Gasteiger partial charge in [0.1, 0.15) is 5.75 Å². The zero-order valence-electron chi connectivity index (χ0n) is 9.51. The number of rotatable bonds is 4. The highest BCUT2D eigenvalue weighted by atomic mass is 35.5. The first kappa shape index (κ1) is 12.3. The van der Waals surface area contributed by atoms with Crippen molar-refractivity contribution in [2.45, 2.75) is 32.7 Å². The number of nitrogens with two attached hydrogens (primary N) is 1. The van der Waals surface area contributed by atoms with Gasteiger partial charge in [-0.15, -0.1) is 0 Å². The highest BCUT2D eigenvalue weighted by molar-refractivity contribution is 6.32. The lowest BCUT2D eigenvalue weighted by Crippen LogP contribution is -2.15. The molecule has 0 radical (unpaired) electrons. The third-order valence-electron chi connectivity index (χ3n) is 2.48. The van der Waals surface area contributed by atoms with E-state index in [1.807, 2.05) is 19.1 Å². The van der Waals surface area contributed by atoms with Crippen LogP contribution in [0.15, 0.2) is 12.1 Å². The quantitative estimate of drug-likeness (QED) is 0.859. The Morgan fingerprint density at radius 2 is 2.13 bits per heavy atom. The van der Waals surface area contributed by atoms with Crippen LogP contribution in [0.25, 0.3) is 0 Å². The van der Waals surface area contributed by atoms with Crippen LogP contribution >= 0.6 is 11.6 Å². The van der Waals surface area contributed by atoms with Crippen molar-refractivity contribution in [2.24, 2.45) is 5.73 Å². The van der Waals surface area contributed by atoms with Gasteiger partial charge in [0.05, 0.1) is 12.1 Å². The van der Waals surface area contributed by atoms with Crippen LogP contribution in [0, 0.1) is 6.92 Å². The molecule has 0 aromatic heterocycles. The number of benzene rings is 1. The summed E-state index contributed by atoms with van der Waals surface area (Å²) < 4.78 is 5.15. The highest BCUT2D eigenvalue weighted by Gasteiger charge is 2.06. The molecule has 0 aliphatic carbocycles. The molecule has 3 heteroatoms. The third kappa shape index (κ3) is 3.40. The molecule has 15 heavy (non-hydrogen) atoms. The van der Waals surface area contributed by atoms with Crippen LogP contribution in [0.1, 0.15) is 24.5 Å². The maximum Gasteiger partial charge on any atom is 0.137 e. The van der Waals surface area contributed by atoms with Gasteiger partial charge in [-0.25, -0.2) is 0 Å². The molecule has 1 aromatic rings. The van der Waals surface area contributed by atoms with E-state index in [2.05, 4.69) is 6.92 Å². The second-order valence-electron chi connectivity index (χ2n) is 3.93. The molecule has 0 bridgehead atoms. The standard InChI is InChI=1S/C12H18ClNO/c1-8-6-12(15-3)11(13)7-10(8)5-4-9(2)14/h6-7,9H,4-5,14H2,1-3H3. The zero-order chi connectivity index (χ0) is 11.4. The summed E-state index contributed by atoms with van der Waals surface area (Å²) >= 11 is 6.06. The minimum atomic E-state index is 0.227. The Morgan fingerprint density at radius 1 is 1.47 bits per heavy atom. The van der Waals surface area contributed by atoms with Gasteiger partial charge < -0.3 is 10.5 Å². The van der Waals surface area contributed by atoms with Crippen LogP contribution in [0.2, 0.25) is 5.02 Å². The van der Waals surface area contributed by atoms with Gasteiger partial charge in [0.15, 0.2) is 0 Å². The molecule has 1 atom stereocenters. The van der Waals surface area contributed by atoms with Crippen LogP contribution in [0.5, 0.6) is 5.75 Å². The van der Waals surface area contributed by atoms with E-state index < -0.39 is 0 Å². The topological polar surface area (TPSA) is 35.2 Å². The first-order valence-electron chi connectivity index (χ1n) is 5.13. The summed E-state index contributed by atoms with van der Waals surface area (Å²) in [4.78, 5) is 0. The monoisotopic (exact) mass is 227 g/mol. The molecular weight excluding hydrogens is 210 g/mol. The smallest absolute Gasteiger partial charge is 0.137 e. The molecule has 84 valence electrons. The summed E-state index contributed by atoms with van der Waals surface area (Å²) in [6.07, 6.45) is 1.94. The average molecular weight is 228 g/mol. The number of methoxy groups -OCH3 is 1. The number of aryl methyl sites for hydroxylation is 2. The summed E-state index contributed by atoms with van der Waals surface area (Å²) in [7, 11) is 1.63. The molecule has 0 saturated carbocycles. The molecule has 0 aliphatic heterocycles. The lowest BCUT2D eigenvalue weighted by molar-refractivity contribution is 0.414. The van der Waals surface area contributed by atoms with E-state index in [0.717, 1.165) is 18.6 Å². The normalized spacial score (nSPS) is 12.6. The van der Waals surface area contributed by atoms with Gasteiger partial charge in [0.25, 0.3) is 0 Å². The van der Waals surface area contributed by atoms with Crippen LogP contribution in [0.3, 0.4) is 0 Å². The predicted molar refractivity (Wildman–Crippen MR) is 64.7 cm³/mol. The van der Waals surface area contributed by atoms with E-state index in [-0.39, 0.29) is 6.04 Å². The maximum absolute atomic E-state index is 6.06. The Hall–Kier alpha value is -0.730. The average Bonchev–Trinajstić information content (AvgIpc) is 2.18. The van der Waals surface area contributed by atoms with E-state index in [1.54, 1.807) is 7.11 Å². The Morgan fingerprint density at radius 3 is 2.67 bits per heavy atom. The lowest BCUT2D eigenvalue weighted by Gasteiger charge is -2.11. The van der Waals surface area contributed by atoms with Crippen LogP contribution in [-0.4, -0.2) is 13.2 Å². The Kier molecular flexibility index (Phi) is 4.43. The fraction of sp³-hybridized carbons (Fsp3) is 0.500. The van der Waals surface area contributed by atoms with Crippen molar-refractivity contribution >= 4 is 11.6 Å². The van der Waals surface area contributed by atoms with Gasteiger partial charge in [-0.2, -0.15) is 0 Å². The van der Waals surface area contributed by atoms with Gasteiger partial charge in [-0.3, -0.25) is 0 Å². The summed E-state index contributed by atoms with van der Waals surface area (Å²) in [5.41, 5.74) is 8.18. The first-order valence-corrected chi connectivity index (χ1v) is 5.51. The first-order chi connectivity index (χ1) is 7.04. The maximum atomic E-state index is 6.06. The predicted octanol–water partition coefficient (Wildman–Crippen LogP) is 2.94. The van der Waals surface area contributed by atoms with E-state index in [9.17, 15) is 0 Å². The molecule has 0 saturated heterocycles. The molecular formula is C12H18ClNO. The van der Waals surface area contributed by atoms with E-state index in [4.69, 9.17) is 22.1 Å². The van der Waals surface area contributed by atoms with Crippen molar-refractivity contribution in [3.63, 3.8) is 0 Å². The van der Waals surface area contributed by atoms with Gasteiger partial charge in [0, 0.05) is 6.04 Å². The number of hydrogen-bond donors (Lipinski definition) is 1. The third-order valence-corrected chi connectivity index (χ3v) is 2.77. The summed E-state index contributed by atoms with van der Waals surface area (Å²) in [6.45, 7) is 4.08. The summed E-state index contributed by atoms with van der Waals surface area (Å²) in [5, 5.41) is 0.669. The Bertz CT molecular complexity index is 337. The van der Waals surface area contributed by atoms with E-state index in [0.29, 0.717) is 5.02 Å². The molecule has 1 aromatic carbocycles. The summed E-state index contributed by atoms with van der Waals surface area (Å²) in [5.74, 6) is 0.735. The number of ether oxygens (including phenoxy) is 1.